The van der Waals surface area contributed by atoms with Gasteiger partial charge in [0.2, 0.25) is 10.0 Å². The minimum absolute atomic E-state index is 0. The molecule has 8 heteroatoms. The van der Waals surface area contributed by atoms with Crippen molar-refractivity contribution in [3.05, 3.63) is 53.1 Å². The minimum atomic E-state index is -3.45. The fourth-order valence-corrected chi connectivity index (χ4v) is 4.70. The summed E-state index contributed by atoms with van der Waals surface area (Å²) in [6, 6.07) is 11.2. The van der Waals surface area contributed by atoms with Crippen LogP contribution in [0.25, 0.3) is 0 Å². The van der Waals surface area contributed by atoms with Crippen molar-refractivity contribution in [2.24, 2.45) is 0 Å². The molecule has 0 bridgehead atoms. The van der Waals surface area contributed by atoms with Crippen LogP contribution in [-0.4, -0.2) is 47.2 Å². The molecule has 1 aliphatic heterocycles. The molecule has 6 nitrogen and oxygen atoms in total. The summed E-state index contributed by atoms with van der Waals surface area (Å²) < 4.78 is 38.4. The fourth-order valence-electron chi connectivity index (χ4n) is 3.63. The number of fused-ring (bicyclic) bond motifs is 1. The molecule has 2 aromatic carbocycles. The van der Waals surface area contributed by atoms with Gasteiger partial charge in [-0.15, -0.1) is 12.4 Å². The van der Waals surface area contributed by atoms with Crippen molar-refractivity contribution in [3.63, 3.8) is 0 Å². The summed E-state index contributed by atoms with van der Waals surface area (Å²) in [5.74, 6) is 1.51. The first-order chi connectivity index (χ1) is 14.0. The predicted octanol–water partition coefficient (Wildman–Crippen LogP) is 3.41. The van der Waals surface area contributed by atoms with E-state index in [1.807, 2.05) is 25.1 Å². The van der Waals surface area contributed by atoms with Crippen molar-refractivity contribution in [1.82, 2.24) is 9.62 Å². The number of rotatable bonds is 9. The molecular formula is C22H31ClN2O4S. The molecule has 1 aliphatic rings. The van der Waals surface area contributed by atoms with Gasteiger partial charge in [0.25, 0.3) is 0 Å². The Kier molecular flexibility index (Phi) is 8.97. The molecule has 0 fully saturated rings. The topological polar surface area (TPSA) is 67.9 Å². The largest absolute Gasteiger partial charge is 0.493 e. The van der Waals surface area contributed by atoms with E-state index in [2.05, 4.69) is 15.7 Å². The predicted molar refractivity (Wildman–Crippen MR) is 121 cm³/mol. The quantitative estimate of drug-likeness (QED) is 0.588. The highest BCUT2D eigenvalue weighted by Gasteiger charge is 2.19. The number of ether oxygens (including phenoxy) is 2. The van der Waals surface area contributed by atoms with Gasteiger partial charge in [-0.25, -0.2) is 13.1 Å². The van der Waals surface area contributed by atoms with E-state index in [0.717, 1.165) is 56.0 Å². The molecule has 0 aromatic heterocycles. The Labute approximate surface area is 186 Å². The molecule has 0 amide bonds. The van der Waals surface area contributed by atoms with Gasteiger partial charge in [0, 0.05) is 19.6 Å². The van der Waals surface area contributed by atoms with E-state index >= 15 is 0 Å². The van der Waals surface area contributed by atoms with Crippen molar-refractivity contribution in [3.8, 4) is 11.5 Å². The lowest BCUT2D eigenvalue weighted by Crippen LogP contribution is -2.33. The Balaban J connectivity index is 0.00000320. The fraction of sp³-hybridized carbons (Fsp3) is 0.455. The van der Waals surface area contributed by atoms with E-state index in [-0.39, 0.29) is 12.4 Å². The van der Waals surface area contributed by atoms with Gasteiger partial charge in [-0.1, -0.05) is 19.1 Å². The maximum Gasteiger partial charge on any atom is 0.240 e. The lowest BCUT2D eigenvalue weighted by atomic mass is 9.98. The zero-order valence-electron chi connectivity index (χ0n) is 17.8. The van der Waals surface area contributed by atoms with Gasteiger partial charge in [0.15, 0.2) is 11.5 Å². The second kappa shape index (κ2) is 11.0. The molecule has 3 rings (SSSR count). The Bertz CT molecular complexity index is 933. The van der Waals surface area contributed by atoms with E-state index in [0.29, 0.717) is 11.4 Å². The summed E-state index contributed by atoms with van der Waals surface area (Å²) in [5, 5.41) is 0. The van der Waals surface area contributed by atoms with Crippen LogP contribution in [0.3, 0.4) is 0 Å². The van der Waals surface area contributed by atoms with Crippen LogP contribution in [0.4, 0.5) is 0 Å². The molecule has 30 heavy (non-hydrogen) atoms. The third-order valence-electron chi connectivity index (χ3n) is 5.38. The number of nitrogens with one attached hydrogen (secondary N) is 1. The summed E-state index contributed by atoms with van der Waals surface area (Å²) in [6.07, 6.45) is 2.60. The average molecular weight is 455 g/mol. The number of methoxy groups -OCH3 is 2. The molecule has 2 aromatic rings. The maximum atomic E-state index is 12.4. The van der Waals surface area contributed by atoms with Gasteiger partial charge in [-0.05, 0) is 66.8 Å². The maximum absolute atomic E-state index is 12.4. The van der Waals surface area contributed by atoms with Gasteiger partial charge >= 0.3 is 0 Å². The highest BCUT2D eigenvalue weighted by Crippen LogP contribution is 2.33. The van der Waals surface area contributed by atoms with Crippen molar-refractivity contribution in [2.75, 3.05) is 33.9 Å². The zero-order chi connectivity index (χ0) is 20.9. The summed E-state index contributed by atoms with van der Waals surface area (Å²) in [6.45, 7) is 5.10. The van der Waals surface area contributed by atoms with Crippen LogP contribution in [0.5, 0.6) is 11.5 Å². The summed E-state index contributed by atoms with van der Waals surface area (Å²) >= 11 is 0. The lowest BCUT2D eigenvalue weighted by Gasteiger charge is -2.29. The van der Waals surface area contributed by atoms with Crippen molar-refractivity contribution in [1.29, 1.82) is 0 Å². The Hall–Kier alpha value is -1.80. The second-order valence-electron chi connectivity index (χ2n) is 7.25. The molecule has 0 unspecified atom stereocenters. The molecular weight excluding hydrogens is 424 g/mol. The van der Waals surface area contributed by atoms with E-state index in [4.69, 9.17) is 9.47 Å². The first kappa shape index (κ1) is 24.5. The SMILES string of the molecule is CCc1ccc(S(=O)(=O)NCCCN2CCc3cc(OC)c(OC)cc3C2)cc1.Cl. The van der Waals surface area contributed by atoms with Crippen LogP contribution in [0, 0.1) is 0 Å². The van der Waals surface area contributed by atoms with Crippen molar-refractivity contribution in [2.45, 2.75) is 37.6 Å². The van der Waals surface area contributed by atoms with Crippen LogP contribution in [0.15, 0.2) is 41.3 Å². The second-order valence-corrected chi connectivity index (χ2v) is 9.02. The normalized spacial score (nSPS) is 14.0. The minimum Gasteiger partial charge on any atom is -0.493 e. The molecule has 0 aliphatic carbocycles. The van der Waals surface area contributed by atoms with Crippen LogP contribution in [0.2, 0.25) is 0 Å². The molecule has 1 N–H and O–H groups in total. The monoisotopic (exact) mass is 454 g/mol. The Morgan fingerprint density at radius 3 is 2.27 bits per heavy atom. The smallest absolute Gasteiger partial charge is 0.240 e. The molecule has 0 atom stereocenters. The molecule has 0 saturated carbocycles. The number of sulfonamides is 1. The summed E-state index contributed by atoms with van der Waals surface area (Å²) in [7, 11) is -0.156. The van der Waals surface area contributed by atoms with Gasteiger partial charge in [0.05, 0.1) is 19.1 Å². The van der Waals surface area contributed by atoms with Crippen LogP contribution in [0.1, 0.15) is 30.0 Å². The van der Waals surface area contributed by atoms with Gasteiger partial charge in [-0.3, -0.25) is 4.90 Å². The first-order valence-electron chi connectivity index (χ1n) is 10.0. The lowest BCUT2D eigenvalue weighted by molar-refractivity contribution is 0.250. The summed E-state index contributed by atoms with van der Waals surface area (Å²) in [5.41, 5.74) is 3.66. The van der Waals surface area contributed by atoms with E-state index in [1.54, 1.807) is 26.4 Å². The van der Waals surface area contributed by atoms with Crippen LogP contribution < -0.4 is 14.2 Å². The van der Waals surface area contributed by atoms with E-state index in [1.165, 1.54) is 11.1 Å². The average Bonchev–Trinajstić information content (AvgIpc) is 2.75. The van der Waals surface area contributed by atoms with Crippen molar-refractivity contribution >= 4 is 22.4 Å². The standard InChI is InChI=1S/C22H30N2O4S.ClH/c1-4-17-6-8-20(9-7-17)29(25,26)23-11-5-12-24-13-10-18-14-21(27-2)22(28-3)15-19(18)16-24;/h6-9,14-15,23H,4-5,10-13,16H2,1-3H3;1H. The van der Waals surface area contributed by atoms with Gasteiger partial charge in [0.1, 0.15) is 0 Å². The zero-order valence-corrected chi connectivity index (χ0v) is 19.4. The molecule has 166 valence electrons. The number of benzene rings is 2. The molecule has 0 radical (unpaired) electrons. The van der Waals surface area contributed by atoms with Gasteiger partial charge < -0.3 is 9.47 Å². The van der Waals surface area contributed by atoms with Crippen molar-refractivity contribution < 1.29 is 17.9 Å². The molecule has 0 saturated heterocycles. The molecule has 1 heterocycles. The molecule has 0 spiro atoms. The van der Waals surface area contributed by atoms with E-state index < -0.39 is 10.0 Å². The number of aryl methyl sites for hydroxylation is 1. The highest BCUT2D eigenvalue weighted by molar-refractivity contribution is 7.89. The van der Waals surface area contributed by atoms with Crippen LogP contribution >= 0.6 is 12.4 Å². The van der Waals surface area contributed by atoms with E-state index in [9.17, 15) is 8.42 Å². The number of hydrogen-bond acceptors (Lipinski definition) is 5. The third-order valence-corrected chi connectivity index (χ3v) is 6.86. The Morgan fingerprint density at radius 2 is 1.67 bits per heavy atom. The summed E-state index contributed by atoms with van der Waals surface area (Å²) in [4.78, 5) is 2.67. The van der Waals surface area contributed by atoms with Gasteiger partial charge in [-0.2, -0.15) is 0 Å². The highest BCUT2D eigenvalue weighted by atomic mass is 35.5. The number of nitrogens with zero attached hydrogens (tertiary/aromatic N) is 1. The first-order valence-corrected chi connectivity index (χ1v) is 11.5. The third kappa shape index (κ3) is 5.88. The number of halogens is 1. The Morgan fingerprint density at radius 1 is 1.03 bits per heavy atom. The van der Waals surface area contributed by atoms with Crippen LogP contribution in [-0.2, 0) is 29.4 Å². The number of hydrogen-bond donors (Lipinski definition) is 1.